The summed E-state index contributed by atoms with van der Waals surface area (Å²) in [6.45, 7) is 5.50. The Hall–Kier alpha value is -5.17. The Bertz CT molecular complexity index is 1650. The van der Waals surface area contributed by atoms with E-state index in [1.54, 1.807) is 0 Å². The molecule has 10 nitrogen and oxygen atoms in total. The summed E-state index contributed by atoms with van der Waals surface area (Å²) in [5.74, 6) is -1.18. The Morgan fingerprint density at radius 1 is 1.02 bits per heavy atom. The van der Waals surface area contributed by atoms with Crippen LogP contribution in [0.15, 0.2) is 84.9 Å². The standard InChI is InChI=1S/C36H39N5O5/c1-35(2,3)30(39-34(45)46-22-25-15-9-6-10-16-25)32(43)40(4)29(19-24-13-7-5-8-14-24)31(42)41-23-36(20-26(41)21-37)27-17-11-12-18-28(27)38-33(36)44/h5-18,26,29-30H,19-20,22-23H2,1-4H3,(H,38,44)(H,39,45)/t26-,29-,30?,36-/m0/s1. The van der Waals surface area contributed by atoms with E-state index in [9.17, 15) is 24.4 Å². The summed E-state index contributed by atoms with van der Waals surface area (Å²) in [6.07, 6.45) is -0.442. The molecule has 10 heteroatoms. The van der Waals surface area contributed by atoms with Gasteiger partial charge in [0.15, 0.2) is 0 Å². The van der Waals surface area contributed by atoms with Crippen molar-refractivity contribution in [2.45, 2.75) is 63.8 Å². The van der Waals surface area contributed by atoms with Crippen LogP contribution in [0.4, 0.5) is 10.5 Å². The van der Waals surface area contributed by atoms with E-state index in [2.05, 4.69) is 16.7 Å². The number of nitriles is 1. The van der Waals surface area contributed by atoms with Crippen LogP contribution in [0.25, 0.3) is 0 Å². The molecule has 2 aliphatic rings. The summed E-state index contributed by atoms with van der Waals surface area (Å²) in [6, 6.07) is 25.1. The highest BCUT2D eigenvalue weighted by Crippen LogP contribution is 2.46. The lowest BCUT2D eigenvalue weighted by atomic mass is 9.80. The first-order valence-corrected chi connectivity index (χ1v) is 15.3. The lowest BCUT2D eigenvalue weighted by Gasteiger charge is -2.37. The quantitative estimate of drug-likeness (QED) is 0.383. The number of rotatable bonds is 8. The number of amides is 4. The summed E-state index contributed by atoms with van der Waals surface area (Å²) in [4.78, 5) is 57.8. The SMILES string of the molecule is CN(C(=O)C(NC(=O)OCc1ccccc1)C(C)(C)C)[C@@H](Cc1ccccc1)C(=O)N1C[C@]2(C[C@H]1C#N)C(=O)Nc1ccccc12. The number of nitrogens with zero attached hydrogens (tertiary/aromatic N) is 3. The van der Waals surface area contributed by atoms with E-state index >= 15 is 0 Å². The van der Waals surface area contributed by atoms with Crippen LogP contribution in [-0.2, 0) is 37.6 Å². The largest absolute Gasteiger partial charge is 0.445 e. The van der Waals surface area contributed by atoms with Crippen molar-refractivity contribution >= 4 is 29.5 Å². The van der Waals surface area contributed by atoms with Gasteiger partial charge in [-0.15, -0.1) is 0 Å². The summed E-state index contributed by atoms with van der Waals surface area (Å²) in [5.41, 5.74) is 1.24. The van der Waals surface area contributed by atoms with E-state index in [-0.39, 0.29) is 31.9 Å². The van der Waals surface area contributed by atoms with Crippen molar-refractivity contribution in [1.29, 1.82) is 5.26 Å². The normalized spacial score (nSPS) is 19.8. The van der Waals surface area contributed by atoms with Gasteiger partial charge in [-0.25, -0.2) is 4.79 Å². The first-order chi connectivity index (χ1) is 21.9. The van der Waals surface area contributed by atoms with Crippen molar-refractivity contribution in [3.63, 3.8) is 0 Å². The lowest BCUT2D eigenvalue weighted by Crippen LogP contribution is -2.59. The number of ether oxygens (including phenoxy) is 1. The summed E-state index contributed by atoms with van der Waals surface area (Å²) < 4.78 is 5.42. The Morgan fingerprint density at radius 3 is 2.26 bits per heavy atom. The van der Waals surface area contributed by atoms with E-state index in [4.69, 9.17) is 4.74 Å². The maximum Gasteiger partial charge on any atom is 0.408 e. The van der Waals surface area contributed by atoms with Crippen molar-refractivity contribution in [3.8, 4) is 6.07 Å². The van der Waals surface area contributed by atoms with Gasteiger partial charge in [0.05, 0.1) is 11.5 Å². The Labute approximate surface area is 269 Å². The lowest BCUT2D eigenvalue weighted by molar-refractivity contribution is -0.147. The van der Waals surface area contributed by atoms with E-state index in [0.717, 1.165) is 16.7 Å². The van der Waals surface area contributed by atoms with E-state index < -0.39 is 46.9 Å². The van der Waals surface area contributed by atoms with Crippen LogP contribution < -0.4 is 10.6 Å². The molecule has 2 N–H and O–H groups in total. The molecule has 1 fully saturated rings. The third-order valence-electron chi connectivity index (χ3n) is 8.88. The fraction of sp³-hybridized carbons (Fsp3) is 0.361. The van der Waals surface area contributed by atoms with Gasteiger partial charge >= 0.3 is 6.09 Å². The van der Waals surface area contributed by atoms with Crippen LogP contribution in [0.2, 0.25) is 0 Å². The fourth-order valence-corrected chi connectivity index (χ4v) is 6.29. The molecule has 4 amide bonds. The summed E-state index contributed by atoms with van der Waals surface area (Å²) in [7, 11) is 1.54. The number of likely N-dealkylation sites (tertiary alicyclic amines) is 1. The van der Waals surface area contributed by atoms with E-state index in [1.165, 1.54) is 16.8 Å². The van der Waals surface area contributed by atoms with Gasteiger partial charge in [0, 0.05) is 32.1 Å². The number of alkyl carbamates (subject to hydrolysis) is 1. The number of nitrogens with one attached hydrogen (secondary N) is 2. The maximum atomic E-state index is 14.5. The highest BCUT2D eigenvalue weighted by atomic mass is 16.5. The van der Waals surface area contributed by atoms with Crippen LogP contribution >= 0.6 is 0 Å². The topological polar surface area (TPSA) is 132 Å². The van der Waals surface area contributed by atoms with Crippen LogP contribution in [0, 0.1) is 16.7 Å². The minimum Gasteiger partial charge on any atom is -0.445 e. The number of anilines is 1. The van der Waals surface area contributed by atoms with Gasteiger partial charge in [-0.05, 0) is 28.2 Å². The number of carbonyl (C=O) groups is 4. The molecule has 46 heavy (non-hydrogen) atoms. The molecular formula is C36H39N5O5. The summed E-state index contributed by atoms with van der Waals surface area (Å²) in [5, 5.41) is 15.8. The predicted molar refractivity (Wildman–Crippen MR) is 172 cm³/mol. The van der Waals surface area contributed by atoms with Crippen LogP contribution in [0.1, 0.15) is 43.9 Å². The molecule has 1 spiro atoms. The molecule has 1 saturated heterocycles. The minimum absolute atomic E-state index is 0.00693. The molecule has 2 heterocycles. The first-order valence-electron chi connectivity index (χ1n) is 15.3. The summed E-state index contributed by atoms with van der Waals surface area (Å²) >= 11 is 0. The molecule has 0 radical (unpaired) electrons. The number of fused-ring (bicyclic) bond motifs is 2. The fourth-order valence-electron chi connectivity index (χ4n) is 6.29. The average Bonchev–Trinajstić information content (AvgIpc) is 3.58. The van der Waals surface area contributed by atoms with Crippen LogP contribution in [0.5, 0.6) is 0 Å². The maximum absolute atomic E-state index is 14.5. The molecule has 0 aliphatic carbocycles. The van der Waals surface area contributed by atoms with E-state index in [1.807, 2.05) is 106 Å². The highest BCUT2D eigenvalue weighted by molar-refractivity contribution is 6.07. The zero-order chi connectivity index (χ0) is 33.1. The Balaban J connectivity index is 1.42. The van der Waals surface area contributed by atoms with Gasteiger partial charge < -0.3 is 25.2 Å². The molecule has 2 aliphatic heterocycles. The van der Waals surface area contributed by atoms with Gasteiger partial charge in [-0.1, -0.05) is 99.6 Å². The van der Waals surface area contributed by atoms with Crippen molar-refractivity contribution < 1.29 is 23.9 Å². The second-order valence-electron chi connectivity index (χ2n) is 13.1. The van der Waals surface area contributed by atoms with Gasteiger partial charge in [0.25, 0.3) is 0 Å². The third kappa shape index (κ3) is 6.45. The van der Waals surface area contributed by atoms with Crippen molar-refractivity contribution in [3.05, 3.63) is 102 Å². The molecule has 3 aromatic rings. The number of likely N-dealkylation sites (N-methyl/N-ethyl adjacent to an activating group) is 1. The Morgan fingerprint density at radius 2 is 1.63 bits per heavy atom. The first kappa shape index (κ1) is 32.2. The molecule has 0 bridgehead atoms. The third-order valence-corrected chi connectivity index (χ3v) is 8.88. The Kier molecular flexibility index (Phi) is 9.15. The van der Waals surface area contributed by atoms with Crippen LogP contribution in [0.3, 0.4) is 0 Å². The molecule has 0 saturated carbocycles. The highest BCUT2D eigenvalue weighted by Gasteiger charge is 2.57. The smallest absolute Gasteiger partial charge is 0.408 e. The number of carbonyl (C=O) groups excluding carboxylic acids is 4. The van der Waals surface area contributed by atoms with E-state index in [0.29, 0.717) is 5.69 Å². The van der Waals surface area contributed by atoms with Crippen molar-refractivity contribution in [1.82, 2.24) is 15.1 Å². The predicted octanol–water partition coefficient (Wildman–Crippen LogP) is 4.41. The molecular weight excluding hydrogens is 582 g/mol. The second-order valence-corrected chi connectivity index (χ2v) is 13.1. The number of hydrogen-bond donors (Lipinski definition) is 2. The number of benzene rings is 3. The second kappa shape index (κ2) is 13.1. The van der Waals surface area contributed by atoms with Crippen molar-refractivity contribution in [2.75, 3.05) is 18.9 Å². The zero-order valence-electron chi connectivity index (χ0n) is 26.5. The number of para-hydroxylation sites is 1. The monoisotopic (exact) mass is 621 g/mol. The molecule has 1 unspecified atom stereocenters. The molecule has 0 aromatic heterocycles. The van der Waals surface area contributed by atoms with Gasteiger partial charge in [0.1, 0.15) is 24.7 Å². The molecule has 3 aromatic carbocycles. The van der Waals surface area contributed by atoms with Crippen LogP contribution in [-0.4, -0.2) is 65.3 Å². The van der Waals surface area contributed by atoms with Crippen molar-refractivity contribution in [2.24, 2.45) is 5.41 Å². The minimum atomic E-state index is -1.06. The zero-order valence-corrected chi connectivity index (χ0v) is 26.5. The molecule has 4 atom stereocenters. The molecule has 238 valence electrons. The number of hydrogen-bond acceptors (Lipinski definition) is 6. The van der Waals surface area contributed by atoms with Gasteiger partial charge in [-0.2, -0.15) is 5.26 Å². The van der Waals surface area contributed by atoms with Gasteiger partial charge in [0.2, 0.25) is 17.7 Å². The molecule has 5 rings (SSSR count). The van der Waals surface area contributed by atoms with Gasteiger partial charge in [-0.3, -0.25) is 14.4 Å². The average molecular weight is 622 g/mol.